The molecule has 0 radical (unpaired) electrons. The van der Waals surface area contributed by atoms with Gasteiger partial charge in [-0.3, -0.25) is 4.79 Å². The van der Waals surface area contributed by atoms with Crippen LogP contribution in [0.5, 0.6) is 0 Å². The van der Waals surface area contributed by atoms with Crippen LogP contribution < -0.4 is 11.1 Å². The van der Waals surface area contributed by atoms with Gasteiger partial charge in [0.15, 0.2) is 0 Å². The Labute approximate surface area is 105 Å². The number of nitrogens with one attached hydrogen (secondary N) is 1. The topological polar surface area (TPSA) is 55.1 Å². The molecule has 0 fully saturated rings. The summed E-state index contributed by atoms with van der Waals surface area (Å²) in [6.07, 6.45) is 0.859. The second-order valence-corrected chi connectivity index (χ2v) is 4.75. The van der Waals surface area contributed by atoms with Crippen molar-refractivity contribution >= 4 is 21.8 Å². The molecule has 1 amide bonds. The van der Waals surface area contributed by atoms with Crippen molar-refractivity contribution in [2.75, 3.05) is 6.54 Å². The Morgan fingerprint density at radius 3 is 2.88 bits per heavy atom. The van der Waals surface area contributed by atoms with Crippen molar-refractivity contribution in [1.82, 2.24) is 5.32 Å². The molecular formula is C12H17BrN2O. The lowest BCUT2D eigenvalue weighted by Crippen LogP contribution is -2.36. The average Bonchev–Trinajstić information content (AvgIpc) is 2.28. The number of aryl methyl sites for hydroxylation is 1. The number of halogens is 1. The standard InChI is InChI=1S/C12H17BrN2O/c1-3-10(14)7-15-12(16)11-6-9(13)5-4-8(11)2/h4-6,10H,3,7,14H2,1-2H3,(H,15,16). The normalized spacial score (nSPS) is 12.2. The lowest BCUT2D eigenvalue weighted by atomic mass is 10.1. The van der Waals surface area contributed by atoms with Crippen LogP contribution in [-0.2, 0) is 0 Å². The van der Waals surface area contributed by atoms with Crippen molar-refractivity contribution in [3.05, 3.63) is 33.8 Å². The molecule has 1 rings (SSSR count). The minimum Gasteiger partial charge on any atom is -0.350 e. The zero-order chi connectivity index (χ0) is 12.1. The van der Waals surface area contributed by atoms with Crippen LogP contribution in [0, 0.1) is 6.92 Å². The molecule has 4 heteroatoms. The quantitative estimate of drug-likeness (QED) is 0.891. The van der Waals surface area contributed by atoms with Crippen LogP contribution >= 0.6 is 15.9 Å². The van der Waals surface area contributed by atoms with Crippen LogP contribution in [0.1, 0.15) is 29.3 Å². The highest BCUT2D eigenvalue weighted by Gasteiger charge is 2.10. The van der Waals surface area contributed by atoms with E-state index in [4.69, 9.17) is 5.73 Å². The molecule has 88 valence electrons. The van der Waals surface area contributed by atoms with E-state index in [2.05, 4.69) is 21.2 Å². The highest BCUT2D eigenvalue weighted by Crippen LogP contribution is 2.15. The van der Waals surface area contributed by atoms with E-state index in [1.54, 1.807) is 0 Å². The Bertz CT molecular complexity index is 379. The molecule has 1 aromatic carbocycles. The summed E-state index contributed by atoms with van der Waals surface area (Å²) >= 11 is 3.35. The van der Waals surface area contributed by atoms with Crippen molar-refractivity contribution in [3.63, 3.8) is 0 Å². The van der Waals surface area contributed by atoms with Crippen LogP contribution in [0.3, 0.4) is 0 Å². The Hall–Kier alpha value is -0.870. The van der Waals surface area contributed by atoms with Crippen molar-refractivity contribution < 1.29 is 4.79 Å². The van der Waals surface area contributed by atoms with Gasteiger partial charge in [-0.2, -0.15) is 0 Å². The van der Waals surface area contributed by atoms with Gasteiger partial charge in [0.2, 0.25) is 0 Å². The summed E-state index contributed by atoms with van der Waals surface area (Å²) in [6, 6.07) is 5.68. The zero-order valence-electron chi connectivity index (χ0n) is 9.59. The van der Waals surface area contributed by atoms with E-state index >= 15 is 0 Å². The van der Waals surface area contributed by atoms with Crippen molar-refractivity contribution in [1.29, 1.82) is 0 Å². The Balaban J connectivity index is 2.69. The third-order valence-corrected chi connectivity index (χ3v) is 2.99. The molecule has 1 aromatic rings. The molecule has 0 spiro atoms. The molecule has 3 nitrogen and oxygen atoms in total. The Kier molecular flexibility index (Phi) is 4.96. The van der Waals surface area contributed by atoms with Gasteiger partial charge >= 0.3 is 0 Å². The summed E-state index contributed by atoms with van der Waals surface area (Å²) in [4.78, 5) is 11.9. The summed E-state index contributed by atoms with van der Waals surface area (Å²) < 4.78 is 0.906. The summed E-state index contributed by atoms with van der Waals surface area (Å²) in [6.45, 7) is 4.43. The van der Waals surface area contributed by atoms with Crippen LogP contribution in [0.2, 0.25) is 0 Å². The molecule has 1 atom stereocenters. The van der Waals surface area contributed by atoms with Gasteiger partial charge in [0.25, 0.3) is 5.91 Å². The maximum Gasteiger partial charge on any atom is 0.251 e. The molecule has 1 unspecified atom stereocenters. The fraction of sp³-hybridized carbons (Fsp3) is 0.417. The molecule has 0 aliphatic heterocycles. The van der Waals surface area contributed by atoms with Crippen LogP contribution in [0.4, 0.5) is 0 Å². The molecule has 0 aliphatic rings. The number of benzene rings is 1. The van der Waals surface area contributed by atoms with E-state index < -0.39 is 0 Å². The smallest absolute Gasteiger partial charge is 0.251 e. The molecule has 0 heterocycles. The summed E-state index contributed by atoms with van der Waals surface area (Å²) in [5.41, 5.74) is 7.40. The van der Waals surface area contributed by atoms with Crippen LogP contribution in [0.25, 0.3) is 0 Å². The lowest BCUT2D eigenvalue weighted by Gasteiger charge is -2.11. The van der Waals surface area contributed by atoms with E-state index in [0.29, 0.717) is 12.1 Å². The number of nitrogens with two attached hydrogens (primary N) is 1. The predicted octanol–water partition coefficient (Wildman–Crippen LogP) is 2.22. The Morgan fingerprint density at radius 2 is 2.25 bits per heavy atom. The van der Waals surface area contributed by atoms with Crippen LogP contribution in [0.15, 0.2) is 22.7 Å². The van der Waals surface area contributed by atoms with E-state index in [1.165, 1.54) is 0 Å². The van der Waals surface area contributed by atoms with E-state index in [9.17, 15) is 4.79 Å². The van der Waals surface area contributed by atoms with E-state index in [1.807, 2.05) is 32.0 Å². The van der Waals surface area contributed by atoms with Gasteiger partial charge in [-0.15, -0.1) is 0 Å². The van der Waals surface area contributed by atoms with E-state index in [-0.39, 0.29) is 11.9 Å². The second kappa shape index (κ2) is 6.01. The van der Waals surface area contributed by atoms with Gasteiger partial charge in [0.1, 0.15) is 0 Å². The summed E-state index contributed by atoms with van der Waals surface area (Å²) in [7, 11) is 0. The molecule has 3 N–H and O–H groups in total. The highest BCUT2D eigenvalue weighted by atomic mass is 79.9. The number of carbonyl (C=O) groups excluding carboxylic acids is 1. The molecule has 0 aliphatic carbocycles. The monoisotopic (exact) mass is 284 g/mol. The Morgan fingerprint density at radius 1 is 1.56 bits per heavy atom. The molecule has 0 bridgehead atoms. The van der Waals surface area contributed by atoms with Crippen molar-refractivity contribution in [3.8, 4) is 0 Å². The lowest BCUT2D eigenvalue weighted by molar-refractivity contribution is 0.0950. The number of amides is 1. The average molecular weight is 285 g/mol. The minimum absolute atomic E-state index is 0.0245. The first kappa shape index (κ1) is 13.2. The fourth-order valence-corrected chi connectivity index (χ4v) is 1.66. The largest absolute Gasteiger partial charge is 0.350 e. The van der Waals surface area contributed by atoms with Crippen molar-refractivity contribution in [2.45, 2.75) is 26.3 Å². The minimum atomic E-state index is -0.0669. The van der Waals surface area contributed by atoms with Gasteiger partial charge in [-0.1, -0.05) is 28.9 Å². The first-order valence-electron chi connectivity index (χ1n) is 5.34. The number of hydrogen-bond donors (Lipinski definition) is 2. The summed E-state index contributed by atoms with van der Waals surface area (Å²) in [5, 5.41) is 2.83. The second-order valence-electron chi connectivity index (χ2n) is 3.84. The molecular weight excluding hydrogens is 268 g/mol. The third-order valence-electron chi connectivity index (χ3n) is 2.49. The van der Waals surface area contributed by atoms with Gasteiger partial charge in [-0.25, -0.2) is 0 Å². The molecule has 0 saturated carbocycles. The van der Waals surface area contributed by atoms with Gasteiger partial charge in [-0.05, 0) is 31.0 Å². The molecule has 16 heavy (non-hydrogen) atoms. The highest BCUT2D eigenvalue weighted by molar-refractivity contribution is 9.10. The fourth-order valence-electron chi connectivity index (χ4n) is 1.30. The zero-order valence-corrected chi connectivity index (χ0v) is 11.2. The van der Waals surface area contributed by atoms with Gasteiger partial charge in [0, 0.05) is 22.6 Å². The molecule has 0 aromatic heterocycles. The number of carbonyl (C=O) groups is 1. The SMILES string of the molecule is CCC(N)CNC(=O)c1cc(Br)ccc1C. The van der Waals surface area contributed by atoms with E-state index in [0.717, 1.165) is 16.5 Å². The van der Waals surface area contributed by atoms with Gasteiger partial charge < -0.3 is 11.1 Å². The van der Waals surface area contributed by atoms with Crippen LogP contribution in [-0.4, -0.2) is 18.5 Å². The van der Waals surface area contributed by atoms with Gasteiger partial charge in [0.05, 0.1) is 0 Å². The summed E-state index contributed by atoms with van der Waals surface area (Å²) in [5.74, 6) is -0.0669. The van der Waals surface area contributed by atoms with Crippen molar-refractivity contribution in [2.24, 2.45) is 5.73 Å². The maximum absolute atomic E-state index is 11.9. The molecule has 0 saturated heterocycles. The first-order chi connectivity index (χ1) is 7.54. The third kappa shape index (κ3) is 3.61. The maximum atomic E-state index is 11.9. The predicted molar refractivity (Wildman–Crippen MR) is 69.5 cm³/mol. The number of hydrogen-bond acceptors (Lipinski definition) is 2. The first-order valence-corrected chi connectivity index (χ1v) is 6.13. The number of rotatable bonds is 4.